The number of benzene rings is 1. The van der Waals surface area contributed by atoms with Crippen LogP contribution in [-0.2, 0) is 6.18 Å². The first-order valence-electron chi connectivity index (χ1n) is 5.25. The maximum absolute atomic E-state index is 12.4. The second-order valence-corrected chi connectivity index (χ2v) is 3.96. The van der Waals surface area contributed by atoms with Gasteiger partial charge in [-0.05, 0) is 36.8 Å². The van der Waals surface area contributed by atoms with Crippen molar-refractivity contribution in [1.82, 2.24) is 4.57 Å². The van der Waals surface area contributed by atoms with E-state index in [1.165, 1.54) is 22.8 Å². The number of aromatic nitrogens is 1. The molecule has 0 amide bonds. The van der Waals surface area contributed by atoms with E-state index in [0.717, 1.165) is 17.7 Å². The van der Waals surface area contributed by atoms with Crippen molar-refractivity contribution in [3.05, 3.63) is 64.1 Å². The van der Waals surface area contributed by atoms with Gasteiger partial charge in [0.25, 0.3) is 5.56 Å². The van der Waals surface area contributed by atoms with Gasteiger partial charge in [-0.25, -0.2) is 0 Å². The van der Waals surface area contributed by atoms with Crippen LogP contribution < -0.4 is 5.56 Å². The average molecular weight is 253 g/mol. The lowest BCUT2D eigenvalue weighted by molar-refractivity contribution is -0.137. The van der Waals surface area contributed by atoms with Crippen LogP contribution in [0.15, 0.2) is 47.4 Å². The Morgan fingerprint density at radius 2 is 1.61 bits per heavy atom. The van der Waals surface area contributed by atoms with Gasteiger partial charge in [0.15, 0.2) is 0 Å². The molecule has 0 spiro atoms. The topological polar surface area (TPSA) is 22.0 Å². The Morgan fingerprint density at radius 1 is 1.00 bits per heavy atom. The van der Waals surface area contributed by atoms with Crippen LogP contribution in [0, 0.1) is 6.92 Å². The van der Waals surface area contributed by atoms with Gasteiger partial charge in [0.2, 0.25) is 0 Å². The van der Waals surface area contributed by atoms with E-state index in [4.69, 9.17) is 0 Å². The molecular formula is C13H10F3NO. The molecule has 0 bridgehead atoms. The number of hydrogen-bond acceptors (Lipinski definition) is 1. The highest BCUT2D eigenvalue weighted by molar-refractivity contribution is 5.36. The molecule has 2 rings (SSSR count). The Bertz CT molecular complexity index is 611. The van der Waals surface area contributed by atoms with Crippen LogP contribution in [0.3, 0.4) is 0 Å². The molecule has 2 aromatic rings. The summed E-state index contributed by atoms with van der Waals surface area (Å²) >= 11 is 0. The predicted molar refractivity (Wildman–Crippen MR) is 61.8 cm³/mol. The second-order valence-electron chi connectivity index (χ2n) is 3.96. The number of nitrogens with zero attached hydrogens (tertiary/aromatic N) is 1. The van der Waals surface area contributed by atoms with E-state index in [-0.39, 0.29) is 5.56 Å². The highest BCUT2D eigenvalue weighted by Gasteiger charge is 2.29. The number of alkyl halides is 3. The highest BCUT2D eigenvalue weighted by Crippen LogP contribution is 2.29. The van der Waals surface area contributed by atoms with Crippen molar-refractivity contribution in [2.75, 3.05) is 0 Å². The van der Waals surface area contributed by atoms with Crippen molar-refractivity contribution in [1.29, 1.82) is 0 Å². The fourth-order valence-electron chi connectivity index (χ4n) is 1.61. The summed E-state index contributed by atoms with van der Waals surface area (Å²) in [4.78, 5) is 11.6. The summed E-state index contributed by atoms with van der Waals surface area (Å²) in [6.07, 6.45) is -2.78. The third kappa shape index (κ3) is 2.45. The predicted octanol–water partition coefficient (Wildman–Crippen LogP) is 3.16. The molecule has 0 N–H and O–H groups in total. The third-order valence-electron chi connectivity index (χ3n) is 2.53. The molecule has 5 heteroatoms. The molecule has 0 fully saturated rings. The Morgan fingerprint density at radius 3 is 2.17 bits per heavy atom. The first-order chi connectivity index (χ1) is 8.38. The minimum atomic E-state index is -4.36. The lowest BCUT2D eigenvalue weighted by Gasteiger charge is -2.09. The molecule has 18 heavy (non-hydrogen) atoms. The van der Waals surface area contributed by atoms with Gasteiger partial charge in [-0.1, -0.05) is 6.07 Å². The van der Waals surface area contributed by atoms with Gasteiger partial charge in [0.1, 0.15) is 0 Å². The summed E-state index contributed by atoms with van der Waals surface area (Å²) in [7, 11) is 0. The van der Waals surface area contributed by atoms with Crippen LogP contribution in [-0.4, -0.2) is 4.57 Å². The Balaban J connectivity index is 2.47. The number of pyridine rings is 1. The van der Waals surface area contributed by atoms with E-state index in [9.17, 15) is 18.0 Å². The Labute approximate surface area is 101 Å². The van der Waals surface area contributed by atoms with Gasteiger partial charge in [-0.3, -0.25) is 9.36 Å². The zero-order valence-electron chi connectivity index (χ0n) is 9.53. The Hall–Kier alpha value is -2.04. The van der Waals surface area contributed by atoms with Crippen molar-refractivity contribution in [3.63, 3.8) is 0 Å². The second kappa shape index (κ2) is 4.33. The summed E-state index contributed by atoms with van der Waals surface area (Å²) in [6, 6.07) is 7.53. The van der Waals surface area contributed by atoms with Gasteiger partial charge < -0.3 is 0 Å². The number of rotatable bonds is 1. The largest absolute Gasteiger partial charge is 0.416 e. The molecule has 94 valence electrons. The zero-order chi connectivity index (χ0) is 13.3. The fraction of sp³-hybridized carbons (Fsp3) is 0.154. The summed E-state index contributed by atoms with van der Waals surface area (Å²) in [5.74, 6) is 0. The van der Waals surface area contributed by atoms with Crippen LogP contribution in [0.2, 0.25) is 0 Å². The summed E-state index contributed by atoms with van der Waals surface area (Å²) in [6.45, 7) is 1.81. The summed E-state index contributed by atoms with van der Waals surface area (Å²) in [5, 5.41) is 0. The molecule has 0 radical (unpaired) electrons. The summed E-state index contributed by atoms with van der Waals surface area (Å²) in [5.41, 5.74) is 0.263. The molecule has 0 unspecified atom stereocenters. The molecule has 0 saturated heterocycles. The highest BCUT2D eigenvalue weighted by atomic mass is 19.4. The molecule has 1 aromatic carbocycles. The molecule has 0 aliphatic heterocycles. The molecule has 0 saturated carbocycles. The summed E-state index contributed by atoms with van der Waals surface area (Å²) < 4.78 is 38.5. The van der Waals surface area contributed by atoms with Crippen LogP contribution in [0.1, 0.15) is 11.1 Å². The average Bonchev–Trinajstić information content (AvgIpc) is 2.31. The van der Waals surface area contributed by atoms with Crippen LogP contribution in [0.4, 0.5) is 13.2 Å². The molecule has 1 heterocycles. The minimum Gasteiger partial charge on any atom is -0.284 e. The van der Waals surface area contributed by atoms with Crippen molar-refractivity contribution in [3.8, 4) is 5.69 Å². The lowest BCUT2D eigenvalue weighted by Crippen LogP contribution is -2.16. The van der Waals surface area contributed by atoms with Crippen molar-refractivity contribution in [2.24, 2.45) is 0 Å². The van der Waals surface area contributed by atoms with Crippen molar-refractivity contribution in [2.45, 2.75) is 13.1 Å². The fourth-order valence-corrected chi connectivity index (χ4v) is 1.61. The number of halogens is 3. The van der Waals surface area contributed by atoms with E-state index in [1.54, 1.807) is 19.2 Å². The van der Waals surface area contributed by atoms with E-state index >= 15 is 0 Å². The third-order valence-corrected chi connectivity index (χ3v) is 2.53. The van der Waals surface area contributed by atoms with Gasteiger partial charge >= 0.3 is 6.18 Å². The minimum absolute atomic E-state index is 0.277. The van der Waals surface area contributed by atoms with Crippen molar-refractivity contribution < 1.29 is 13.2 Å². The zero-order valence-corrected chi connectivity index (χ0v) is 9.53. The molecular weight excluding hydrogens is 243 g/mol. The van der Waals surface area contributed by atoms with E-state index in [2.05, 4.69) is 0 Å². The first kappa shape index (κ1) is 12.4. The van der Waals surface area contributed by atoms with Crippen LogP contribution in [0.5, 0.6) is 0 Å². The monoisotopic (exact) mass is 253 g/mol. The molecule has 0 atom stereocenters. The van der Waals surface area contributed by atoms with E-state index in [0.29, 0.717) is 5.69 Å². The number of hydrogen-bond donors (Lipinski definition) is 0. The standard InChI is InChI=1S/C13H10F3NO/c1-9-2-7-12(18)17(8-9)11-5-3-10(4-6-11)13(14,15)16/h2-8H,1H3. The van der Waals surface area contributed by atoms with Gasteiger partial charge in [-0.15, -0.1) is 0 Å². The number of aryl methyl sites for hydroxylation is 1. The Kier molecular flexibility index (Phi) is 2.98. The molecule has 1 aromatic heterocycles. The maximum atomic E-state index is 12.4. The molecule has 0 aliphatic rings. The molecule has 0 aliphatic carbocycles. The SMILES string of the molecule is Cc1ccc(=O)n(-c2ccc(C(F)(F)F)cc2)c1. The lowest BCUT2D eigenvalue weighted by atomic mass is 10.2. The molecule has 2 nitrogen and oxygen atoms in total. The first-order valence-corrected chi connectivity index (χ1v) is 5.25. The van der Waals surface area contributed by atoms with E-state index < -0.39 is 11.7 Å². The quantitative estimate of drug-likeness (QED) is 0.765. The van der Waals surface area contributed by atoms with Crippen molar-refractivity contribution >= 4 is 0 Å². The van der Waals surface area contributed by atoms with Gasteiger partial charge in [0.05, 0.1) is 5.56 Å². The van der Waals surface area contributed by atoms with Crippen LogP contribution in [0.25, 0.3) is 5.69 Å². The smallest absolute Gasteiger partial charge is 0.284 e. The van der Waals surface area contributed by atoms with Gasteiger partial charge in [0, 0.05) is 18.0 Å². The van der Waals surface area contributed by atoms with E-state index in [1.807, 2.05) is 0 Å². The van der Waals surface area contributed by atoms with Crippen LogP contribution >= 0.6 is 0 Å². The van der Waals surface area contributed by atoms with Gasteiger partial charge in [-0.2, -0.15) is 13.2 Å². The normalized spacial score (nSPS) is 11.6. The maximum Gasteiger partial charge on any atom is 0.416 e.